The van der Waals surface area contributed by atoms with E-state index in [2.05, 4.69) is 0 Å². The van der Waals surface area contributed by atoms with E-state index in [0.29, 0.717) is 24.6 Å². The molecule has 0 aliphatic heterocycles. The summed E-state index contributed by atoms with van der Waals surface area (Å²) in [6.45, 7) is 4.63. The van der Waals surface area contributed by atoms with Gasteiger partial charge in [-0.15, -0.1) is 11.8 Å². The lowest BCUT2D eigenvalue weighted by atomic mass is 10.3. The van der Waals surface area contributed by atoms with Gasteiger partial charge in [-0.25, -0.2) is 12.7 Å². The van der Waals surface area contributed by atoms with Gasteiger partial charge >= 0.3 is 0 Å². The molecule has 1 rings (SSSR count). The minimum absolute atomic E-state index is 0.0875. The van der Waals surface area contributed by atoms with E-state index in [0.717, 1.165) is 4.90 Å². The molecular formula is C14H24N2O3S2. The van der Waals surface area contributed by atoms with Crippen LogP contribution in [0.2, 0.25) is 0 Å². The molecular weight excluding hydrogens is 308 g/mol. The topological polar surface area (TPSA) is 72.6 Å². The Kier molecular flexibility index (Phi) is 7.51. The molecule has 0 saturated carbocycles. The lowest BCUT2D eigenvalue weighted by Gasteiger charge is -2.18. The molecule has 0 saturated heterocycles. The van der Waals surface area contributed by atoms with Gasteiger partial charge in [-0.2, -0.15) is 0 Å². The van der Waals surface area contributed by atoms with Crippen molar-refractivity contribution in [1.29, 1.82) is 0 Å². The number of hydrogen-bond acceptors (Lipinski definition) is 5. The fourth-order valence-corrected chi connectivity index (χ4v) is 4.05. The molecule has 1 aromatic rings. The minimum Gasteiger partial charge on any atom is -0.398 e. The Morgan fingerprint density at radius 2 is 2.00 bits per heavy atom. The SMILES string of the molecule is CC(C)OCCN(C)S(=O)(=O)CCSc1ccccc1N. The maximum Gasteiger partial charge on any atom is 0.214 e. The number of likely N-dealkylation sites (N-methyl/N-ethyl adjacent to an activating group) is 1. The average Bonchev–Trinajstić information content (AvgIpc) is 2.40. The third-order valence-electron chi connectivity index (χ3n) is 2.85. The monoisotopic (exact) mass is 332 g/mol. The van der Waals surface area contributed by atoms with Crippen LogP contribution in [0.3, 0.4) is 0 Å². The summed E-state index contributed by atoms with van der Waals surface area (Å²) in [6, 6.07) is 7.46. The molecule has 0 fully saturated rings. The van der Waals surface area contributed by atoms with Crippen LogP contribution in [0.25, 0.3) is 0 Å². The minimum atomic E-state index is -3.25. The molecule has 0 unspecified atom stereocenters. The largest absolute Gasteiger partial charge is 0.398 e. The number of nitrogen functional groups attached to an aromatic ring is 1. The first-order valence-electron chi connectivity index (χ1n) is 6.86. The number of ether oxygens (including phenoxy) is 1. The third kappa shape index (κ3) is 6.69. The molecule has 0 heterocycles. The van der Waals surface area contributed by atoms with E-state index in [1.807, 2.05) is 38.1 Å². The fourth-order valence-electron chi connectivity index (χ4n) is 1.58. The van der Waals surface area contributed by atoms with Crippen molar-refractivity contribution in [1.82, 2.24) is 4.31 Å². The highest BCUT2D eigenvalue weighted by atomic mass is 32.2. The highest BCUT2D eigenvalue weighted by Gasteiger charge is 2.17. The second-order valence-electron chi connectivity index (χ2n) is 4.94. The lowest BCUT2D eigenvalue weighted by Crippen LogP contribution is -2.33. The quantitative estimate of drug-likeness (QED) is 0.553. The van der Waals surface area contributed by atoms with Crippen LogP contribution in [0.15, 0.2) is 29.2 Å². The summed E-state index contributed by atoms with van der Waals surface area (Å²) < 4.78 is 30.9. The van der Waals surface area contributed by atoms with Gasteiger partial charge in [-0.1, -0.05) is 12.1 Å². The molecule has 1 aromatic carbocycles. The molecule has 120 valence electrons. The van der Waals surface area contributed by atoms with Gasteiger partial charge in [0.2, 0.25) is 10.0 Å². The average molecular weight is 332 g/mol. The van der Waals surface area contributed by atoms with Crippen molar-refractivity contribution in [3.05, 3.63) is 24.3 Å². The van der Waals surface area contributed by atoms with Crippen molar-refractivity contribution in [3.63, 3.8) is 0 Å². The zero-order chi connectivity index (χ0) is 15.9. The maximum absolute atomic E-state index is 12.1. The van der Waals surface area contributed by atoms with E-state index in [-0.39, 0.29) is 11.9 Å². The molecule has 21 heavy (non-hydrogen) atoms. The summed E-state index contributed by atoms with van der Waals surface area (Å²) in [4.78, 5) is 0.915. The van der Waals surface area contributed by atoms with Crippen molar-refractivity contribution in [2.45, 2.75) is 24.8 Å². The lowest BCUT2D eigenvalue weighted by molar-refractivity contribution is 0.0737. The molecule has 0 bridgehead atoms. The Labute approximate surface area is 131 Å². The molecule has 0 aliphatic carbocycles. The van der Waals surface area contributed by atoms with Gasteiger partial charge in [-0.05, 0) is 26.0 Å². The summed E-state index contributed by atoms with van der Waals surface area (Å²) in [5, 5.41) is 0. The zero-order valence-electron chi connectivity index (χ0n) is 12.8. The van der Waals surface area contributed by atoms with Crippen LogP contribution >= 0.6 is 11.8 Å². The molecule has 5 nitrogen and oxygen atoms in total. The Balaban J connectivity index is 2.40. The summed E-state index contributed by atoms with van der Waals surface area (Å²) in [5.74, 6) is 0.566. The van der Waals surface area contributed by atoms with Crippen LogP contribution < -0.4 is 5.73 Å². The molecule has 0 atom stereocenters. The molecule has 0 aromatic heterocycles. The van der Waals surface area contributed by atoms with Crippen molar-refractivity contribution in [2.75, 3.05) is 37.4 Å². The molecule has 0 aliphatic rings. The number of nitrogens with zero attached hydrogens (tertiary/aromatic N) is 1. The maximum atomic E-state index is 12.1. The highest BCUT2D eigenvalue weighted by Crippen LogP contribution is 2.24. The van der Waals surface area contributed by atoms with Gasteiger partial charge in [0.1, 0.15) is 0 Å². The Morgan fingerprint density at radius 1 is 1.33 bits per heavy atom. The Hall–Kier alpha value is -0.760. The number of para-hydroxylation sites is 1. The van der Waals surface area contributed by atoms with E-state index in [1.54, 1.807) is 7.05 Å². The standard InChI is InChI=1S/C14H24N2O3S2/c1-12(2)19-9-8-16(3)21(17,18)11-10-20-14-7-5-4-6-13(14)15/h4-7,12H,8-11,15H2,1-3H3. The van der Waals surface area contributed by atoms with Crippen LogP contribution in [-0.4, -0.2) is 50.5 Å². The normalized spacial score (nSPS) is 12.2. The summed E-state index contributed by atoms with van der Waals surface area (Å²) in [6.07, 6.45) is 0.109. The Morgan fingerprint density at radius 3 is 2.62 bits per heavy atom. The van der Waals surface area contributed by atoms with Gasteiger partial charge in [0, 0.05) is 29.9 Å². The van der Waals surface area contributed by atoms with E-state index in [4.69, 9.17) is 10.5 Å². The number of hydrogen-bond donors (Lipinski definition) is 1. The predicted octanol–water partition coefficient (Wildman–Crippen LogP) is 2.05. The van der Waals surface area contributed by atoms with Gasteiger partial charge < -0.3 is 10.5 Å². The first-order chi connectivity index (χ1) is 9.83. The van der Waals surface area contributed by atoms with Gasteiger partial charge in [0.05, 0.1) is 18.5 Å². The highest BCUT2D eigenvalue weighted by molar-refractivity contribution is 8.00. The van der Waals surface area contributed by atoms with E-state index in [9.17, 15) is 8.42 Å². The Bertz CT molecular complexity index is 533. The smallest absolute Gasteiger partial charge is 0.214 e. The summed E-state index contributed by atoms with van der Waals surface area (Å²) in [7, 11) is -1.67. The van der Waals surface area contributed by atoms with Crippen LogP contribution in [0.4, 0.5) is 5.69 Å². The van der Waals surface area contributed by atoms with E-state index < -0.39 is 10.0 Å². The fraction of sp³-hybridized carbons (Fsp3) is 0.571. The number of nitrogens with two attached hydrogens (primary N) is 1. The number of benzene rings is 1. The van der Waals surface area contributed by atoms with Crippen LogP contribution in [0.1, 0.15) is 13.8 Å². The summed E-state index contributed by atoms with van der Waals surface area (Å²) >= 11 is 1.46. The first kappa shape index (κ1) is 18.3. The molecule has 0 amide bonds. The number of thioether (sulfide) groups is 1. The van der Waals surface area contributed by atoms with Gasteiger partial charge in [-0.3, -0.25) is 0 Å². The van der Waals surface area contributed by atoms with Crippen molar-refractivity contribution in [3.8, 4) is 0 Å². The van der Waals surface area contributed by atoms with Gasteiger partial charge in [0.25, 0.3) is 0 Å². The first-order valence-corrected chi connectivity index (χ1v) is 9.45. The predicted molar refractivity (Wildman–Crippen MR) is 89.1 cm³/mol. The van der Waals surface area contributed by atoms with E-state index in [1.165, 1.54) is 16.1 Å². The molecule has 0 spiro atoms. The van der Waals surface area contributed by atoms with Crippen molar-refractivity contribution >= 4 is 27.5 Å². The van der Waals surface area contributed by atoms with Crippen LogP contribution in [0.5, 0.6) is 0 Å². The summed E-state index contributed by atoms with van der Waals surface area (Å²) in [5.41, 5.74) is 6.51. The van der Waals surface area contributed by atoms with Crippen molar-refractivity contribution < 1.29 is 13.2 Å². The van der Waals surface area contributed by atoms with Crippen molar-refractivity contribution in [2.24, 2.45) is 0 Å². The molecule has 0 radical (unpaired) electrons. The van der Waals surface area contributed by atoms with Crippen LogP contribution in [0, 0.1) is 0 Å². The van der Waals surface area contributed by atoms with E-state index >= 15 is 0 Å². The third-order valence-corrected chi connectivity index (χ3v) is 6.05. The second kappa shape index (κ2) is 8.63. The van der Waals surface area contributed by atoms with Gasteiger partial charge in [0.15, 0.2) is 0 Å². The number of anilines is 1. The number of rotatable bonds is 9. The molecule has 7 heteroatoms. The van der Waals surface area contributed by atoms with Crippen LogP contribution in [-0.2, 0) is 14.8 Å². The molecule has 2 N–H and O–H groups in total. The number of sulfonamides is 1. The second-order valence-corrected chi connectivity index (χ2v) is 8.28. The zero-order valence-corrected chi connectivity index (χ0v) is 14.4.